The van der Waals surface area contributed by atoms with Crippen LogP contribution in [0.3, 0.4) is 0 Å². The molecule has 1 aliphatic heterocycles. The molecule has 0 saturated carbocycles. The van der Waals surface area contributed by atoms with E-state index < -0.39 is 0 Å². The van der Waals surface area contributed by atoms with Gasteiger partial charge >= 0.3 is 0 Å². The number of rotatable bonds is 6. The van der Waals surface area contributed by atoms with E-state index in [1.807, 2.05) is 24.3 Å². The molecule has 0 amide bonds. The molecule has 2 aromatic carbocycles. The SMILES string of the molecule is CC(Sc1nnc(CN2CCCC2)n1-c1ccccc1)c1ccccc1Cl. The smallest absolute Gasteiger partial charge is 0.196 e. The second-order valence-electron chi connectivity index (χ2n) is 6.83. The Bertz CT molecular complexity index is 890. The highest BCUT2D eigenvalue weighted by Gasteiger charge is 2.21. The van der Waals surface area contributed by atoms with Crippen molar-refractivity contribution in [3.05, 3.63) is 71.0 Å². The molecule has 2 heterocycles. The number of halogens is 1. The number of benzene rings is 2. The lowest BCUT2D eigenvalue weighted by Gasteiger charge is -2.17. The second-order valence-corrected chi connectivity index (χ2v) is 8.55. The van der Waals surface area contributed by atoms with Crippen LogP contribution in [0.25, 0.3) is 5.69 Å². The maximum absolute atomic E-state index is 6.40. The van der Waals surface area contributed by atoms with Crippen molar-refractivity contribution in [1.29, 1.82) is 0 Å². The van der Waals surface area contributed by atoms with Gasteiger partial charge in [-0.1, -0.05) is 59.8 Å². The van der Waals surface area contributed by atoms with Gasteiger partial charge in [0.15, 0.2) is 11.0 Å². The molecule has 0 radical (unpaired) electrons. The Balaban J connectivity index is 1.65. The van der Waals surface area contributed by atoms with Crippen LogP contribution in [0.5, 0.6) is 0 Å². The zero-order valence-electron chi connectivity index (χ0n) is 15.4. The van der Waals surface area contributed by atoms with Gasteiger partial charge in [0.25, 0.3) is 0 Å². The summed E-state index contributed by atoms with van der Waals surface area (Å²) in [6.45, 7) is 5.28. The summed E-state index contributed by atoms with van der Waals surface area (Å²) in [6.07, 6.45) is 2.54. The molecule has 6 heteroatoms. The van der Waals surface area contributed by atoms with E-state index in [9.17, 15) is 0 Å². The lowest BCUT2D eigenvalue weighted by Crippen LogP contribution is -2.21. The van der Waals surface area contributed by atoms with E-state index in [4.69, 9.17) is 11.6 Å². The number of hydrogen-bond donors (Lipinski definition) is 0. The summed E-state index contributed by atoms with van der Waals surface area (Å²) in [6, 6.07) is 18.4. The summed E-state index contributed by atoms with van der Waals surface area (Å²) in [7, 11) is 0. The Kier molecular flexibility index (Phi) is 5.81. The Morgan fingerprint density at radius 2 is 1.70 bits per heavy atom. The van der Waals surface area contributed by atoms with Crippen molar-refractivity contribution in [1.82, 2.24) is 19.7 Å². The predicted octanol–water partition coefficient (Wildman–Crippen LogP) is 5.37. The Morgan fingerprint density at radius 1 is 1.00 bits per heavy atom. The van der Waals surface area contributed by atoms with Crippen molar-refractivity contribution in [3.8, 4) is 5.69 Å². The highest BCUT2D eigenvalue weighted by molar-refractivity contribution is 7.99. The lowest BCUT2D eigenvalue weighted by molar-refractivity contribution is 0.319. The first-order valence-electron chi connectivity index (χ1n) is 9.35. The first-order chi connectivity index (χ1) is 13.2. The molecule has 27 heavy (non-hydrogen) atoms. The second kappa shape index (κ2) is 8.46. The van der Waals surface area contributed by atoms with Crippen molar-refractivity contribution < 1.29 is 0 Å². The van der Waals surface area contributed by atoms with Gasteiger partial charge in [0.1, 0.15) is 0 Å². The normalized spacial score (nSPS) is 15.9. The number of nitrogens with zero attached hydrogens (tertiary/aromatic N) is 4. The standard InChI is InChI=1S/C21H23ClN4S/c1-16(18-11-5-6-12-19(18)22)27-21-24-23-20(15-25-13-7-8-14-25)26(21)17-9-3-2-4-10-17/h2-6,9-12,16H,7-8,13-15H2,1H3. The van der Waals surface area contributed by atoms with Crippen molar-refractivity contribution in [3.63, 3.8) is 0 Å². The van der Waals surface area contributed by atoms with Gasteiger partial charge in [0, 0.05) is 16.0 Å². The molecule has 0 N–H and O–H groups in total. The Morgan fingerprint density at radius 3 is 2.44 bits per heavy atom. The van der Waals surface area contributed by atoms with Gasteiger partial charge in [-0.2, -0.15) is 0 Å². The van der Waals surface area contributed by atoms with E-state index in [2.05, 4.69) is 56.9 Å². The third-order valence-corrected chi connectivity index (χ3v) is 6.33. The van der Waals surface area contributed by atoms with Crippen molar-refractivity contribution >= 4 is 23.4 Å². The lowest BCUT2D eigenvalue weighted by atomic mass is 10.2. The van der Waals surface area contributed by atoms with Gasteiger partial charge < -0.3 is 0 Å². The van der Waals surface area contributed by atoms with Crippen molar-refractivity contribution in [2.75, 3.05) is 13.1 Å². The molecule has 1 unspecified atom stereocenters. The summed E-state index contributed by atoms with van der Waals surface area (Å²) < 4.78 is 2.19. The average Bonchev–Trinajstić information content (AvgIpc) is 3.33. The predicted molar refractivity (Wildman–Crippen MR) is 112 cm³/mol. The van der Waals surface area contributed by atoms with E-state index in [0.717, 1.165) is 46.9 Å². The number of likely N-dealkylation sites (tertiary alicyclic amines) is 1. The quantitative estimate of drug-likeness (QED) is 0.523. The zero-order chi connectivity index (χ0) is 18.6. The Hall–Kier alpha value is -1.82. The van der Waals surface area contributed by atoms with Gasteiger partial charge in [0.2, 0.25) is 0 Å². The van der Waals surface area contributed by atoms with E-state index in [-0.39, 0.29) is 5.25 Å². The molecular formula is C21H23ClN4S. The van der Waals surface area contributed by atoms with Crippen LogP contribution in [0.2, 0.25) is 5.02 Å². The molecule has 0 bridgehead atoms. The number of para-hydroxylation sites is 1. The minimum atomic E-state index is 0.185. The van der Waals surface area contributed by atoms with E-state index >= 15 is 0 Å². The number of thioether (sulfide) groups is 1. The van der Waals surface area contributed by atoms with E-state index in [1.165, 1.54) is 12.8 Å². The third-order valence-electron chi connectivity index (χ3n) is 4.90. The minimum absolute atomic E-state index is 0.185. The largest absolute Gasteiger partial charge is 0.296 e. The van der Waals surface area contributed by atoms with Crippen molar-refractivity contribution in [2.45, 2.75) is 36.7 Å². The topological polar surface area (TPSA) is 34.0 Å². The Labute approximate surface area is 169 Å². The molecule has 0 aliphatic carbocycles. The third kappa shape index (κ3) is 4.21. The molecule has 3 aromatic rings. The minimum Gasteiger partial charge on any atom is -0.296 e. The van der Waals surface area contributed by atoms with E-state index in [0.29, 0.717) is 0 Å². The summed E-state index contributed by atoms with van der Waals surface area (Å²) in [5.41, 5.74) is 2.22. The maximum atomic E-state index is 6.40. The van der Waals surface area contributed by atoms with Crippen LogP contribution < -0.4 is 0 Å². The summed E-state index contributed by atoms with van der Waals surface area (Å²) >= 11 is 8.10. The van der Waals surface area contributed by atoms with Gasteiger partial charge in [-0.05, 0) is 56.6 Å². The first kappa shape index (κ1) is 18.5. The van der Waals surface area contributed by atoms with Crippen LogP contribution in [-0.4, -0.2) is 32.8 Å². The fourth-order valence-electron chi connectivity index (χ4n) is 3.48. The highest BCUT2D eigenvalue weighted by Crippen LogP contribution is 2.38. The molecule has 140 valence electrons. The summed E-state index contributed by atoms with van der Waals surface area (Å²) in [4.78, 5) is 2.45. The van der Waals surface area contributed by atoms with Crippen LogP contribution in [-0.2, 0) is 6.54 Å². The molecule has 1 aromatic heterocycles. The van der Waals surface area contributed by atoms with Gasteiger partial charge in [-0.15, -0.1) is 10.2 Å². The van der Waals surface area contributed by atoms with E-state index in [1.54, 1.807) is 11.8 Å². The zero-order valence-corrected chi connectivity index (χ0v) is 17.0. The van der Waals surface area contributed by atoms with Gasteiger partial charge in [0.05, 0.1) is 6.54 Å². The molecule has 1 saturated heterocycles. The number of hydrogen-bond acceptors (Lipinski definition) is 4. The van der Waals surface area contributed by atoms with Crippen LogP contribution in [0, 0.1) is 0 Å². The summed E-state index contributed by atoms with van der Waals surface area (Å²) in [5, 5.41) is 11.0. The molecule has 1 fully saturated rings. The number of aromatic nitrogens is 3. The molecule has 4 rings (SSSR count). The molecule has 1 aliphatic rings. The van der Waals surface area contributed by atoms with Crippen LogP contribution in [0.4, 0.5) is 0 Å². The summed E-state index contributed by atoms with van der Waals surface area (Å²) in [5.74, 6) is 0.997. The van der Waals surface area contributed by atoms with Crippen LogP contribution >= 0.6 is 23.4 Å². The first-order valence-corrected chi connectivity index (χ1v) is 10.6. The molecular weight excluding hydrogens is 376 g/mol. The molecule has 4 nitrogen and oxygen atoms in total. The monoisotopic (exact) mass is 398 g/mol. The maximum Gasteiger partial charge on any atom is 0.196 e. The fourth-order valence-corrected chi connectivity index (χ4v) is 4.90. The van der Waals surface area contributed by atoms with Gasteiger partial charge in [-0.25, -0.2) is 0 Å². The highest BCUT2D eigenvalue weighted by atomic mass is 35.5. The fraction of sp³-hybridized carbons (Fsp3) is 0.333. The van der Waals surface area contributed by atoms with Crippen LogP contribution in [0.1, 0.15) is 36.4 Å². The van der Waals surface area contributed by atoms with Crippen molar-refractivity contribution in [2.24, 2.45) is 0 Å². The average molecular weight is 399 g/mol. The molecule has 0 spiro atoms. The molecule has 1 atom stereocenters. The van der Waals surface area contributed by atoms with Crippen LogP contribution in [0.15, 0.2) is 59.8 Å². The van der Waals surface area contributed by atoms with Gasteiger partial charge in [-0.3, -0.25) is 9.47 Å².